The van der Waals surface area contributed by atoms with Gasteiger partial charge in [-0.25, -0.2) is 0 Å². The van der Waals surface area contributed by atoms with E-state index in [0.29, 0.717) is 6.04 Å². The molecule has 0 saturated heterocycles. The maximum atomic E-state index is 3.58. The summed E-state index contributed by atoms with van der Waals surface area (Å²) < 4.78 is 0. The average Bonchev–Trinajstić information content (AvgIpc) is 2.15. The molecule has 82 valence electrons. The molecular formula is C13H25N. The van der Waals surface area contributed by atoms with E-state index in [-0.39, 0.29) is 0 Å². The molecule has 1 heteroatoms. The summed E-state index contributed by atoms with van der Waals surface area (Å²) in [5.41, 5.74) is 1.68. The zero-order chi connectivity index (χ0) is 10.2. The quantitative estimate of drug-likeness (QED) is 0.675. The largest absolute Gasteiger partial charge is 0.311 e. The molecule has 1 atom stereocenters. The Morgan fingerprint density at radius 2 is 2.00 bits per heavy atom. The molecule has 1 unspecified atom stereocenters. The summed E-state index contributed by atoms with van der Waals surface area (Å²) in [6.45, 7) is 5.58. The summed E-state index contributed by atoms with van der Waals surface area (Å²) in [5.74, 6) is 0. The number of hydrogen-bond donors (Lipinski definition) is 1. The Balaban J connectivity index is 2.51. The lowest BCUT2D eigenvalue weighted by Gasteiger charge is -2.21. The lowest BCUT2D eigenvalue weighted by Crippen LogP contribution is -2.30. The van der Waals surface area contributed by atoms with Gasteiger partial charge in [-0.15, -0.1) is 0 Å². The van der Waals surface area contributed by atoms with Crippen molar-refractivity contribution in [2.45, 2.75) is 64.8 Å². The molecule has 1 rings (SSSR count). The Morgan fingerprint density at radius 1 is 1.21 bits per heavy atom. The van der Waals surface area contributed by atoms with Gasteiger partial charge in [0.25, 0.3) is 0 Å². The van der Waals surface area contributed by atoms with Crippen molar-refractivity contribution in [2.24, 2.45) is 0 Å². The van der Waals surface area contributed by atoms with E-state index in [1.165, 1.54) is 44.9 Å². The highest BCUT2D eigenvalue weighted by molar-refractivity contribution is 5.11. The van der Waals surface area contributed by atoms with Gasteiger partial charge in [0.15, 0.2) is 0 Å². The monoisotopic (exact) mass is 195 g/mol. The molecule has 1 aliphatic carbocycles. The third-order valence-corrected chi connectivity index (χ3v) is 3.13. The van der Waals surface area contributed by atoms with Crippen LogP contribution in [0, 0.1) is 0 Å². The molecule has 0 radical (unpaired) electrons. The maximum absolute atomic E-state index is 3.58. The third kappa shape index (κ3) is 3.83. The zero-order valence-corrected chi connectivity index (χ0v) is 9.81. The lowest BCUT2D eigenvalue weighted by atomic mass is 9.94. The van der Waals surface area contributed by atoms with Crippen LogP contribution in [0.15, 0.2) is 11.6 Å². The van der Waals surface area contributed by atoms with E-state index in [2.05, 4.69) is 25.2 Å². The van der Waals surface area contributed by atoms with Crippen LogP contribution >= 0.6 is 0 Å². The molecule has 0 heterocycles. The van der Waals surface area contributed by atoms with Gasteiger partial charge < -0.3 is 5.32 Å². The number of hydrogen-bond acceptors (Lipinski definition) is 1. The molecule has 0 bridgehead atoms. The van der Waals surface area contributed by atoms with Crippen LogP contribution in [0.3, 0.4) is 0 Å². The molecule has 14 heavy (non-hydrogen) atoms. The van der Waals surface area contributed by atoms with E-state index in [1.54, 1.807) is 5.57 Å². The summed E-state index contributed by atoms with van der Waals surface area (Å²) in [7, 11) is 0. The topological polar surface area (TPSA) is 12.0 Å². The summed E-state index contributed by atoms with van der Waals surface area (Å²) in [6, 6.07) is 0.651. The van der Waals surface area contributed by atoms with Gasteiger partial charge in [-0.05, 0) is 38.6 Å². The van der Waals surface area contributed by atoms with Crippen LogP contribution in [0.25, 0.3) is 0 Å². The van der Waals surface area contributed by atoms with E-state index >= 15 is 0 Å². The number of nitrogens with one attached hydrogen (secondary N) is 1. The summed E-state index contributed by atoms with van der Waals surface area (Å²) in [4.78, 5) is 0. The van der Waals surface area contributed by atoms with E-state index < -0.39 is 0 Å². The Kier molecular flexibility index (Phi) is 5.93. The Hall–Kier alpha value is -0.300. The van der Waals surface area contributed by atoms with Crippen molar-refractivity contribution in [3.8, 4) is 0 Å². The van der Waals surface area contributed by atoms with Crippen LogP contribution in [0.2, 0.25) is 0 Å². The average molecular weight is 195 g/mol. The SMILES string of the molecule is CCNC(CC)C1=CCCCCCC1. The molecule has 1 aliphatic rings. The van der Waals surface area contributed by atoms with Crippen LogP contribution in [0.5, 0.6) is 0 Å². The van der Waals surface area contributed by atoms with Crippen molar-refractivity contribution in [1.82, 2.24) is 5.32 Å². The van der Waals surface area contributed by atoms with Crippen molar-refractivity contribution in [2.75, 3.05) is 6.54 Å². The molecule has 0 spiro atoms. The van der Waals surface area contributed by atoms with Crippen molar-refractivity contribution < 1.29 is 0 Å². The van der Waals surface area contributed by atoms with Crippen LogP contribution in [-0.4, -0.2) is 12.6 Å². The van der Waals surface area contributed by atoms with E-state index in [1.807, 2.05) is 0 Å². The first-order valence-electron chi connectivity index (χ1n) is 6.30. The molecule has 0 aliphatic heterocycles. The molecular weight excluding hydrogens is 170 g/mol. The fraction of sp³-hybridized carbons (Fsp3) is 0.846. The van der Waals surface area contributed by atoms with Crippen molar-refractivity contribution >= 4 is 0 Å². The molecule has 0 fully saturated rings. The van der Waals surface area contributed by atoms with Gasteiger partial charge in [-0.3, -0.25) is 0 Å². The highest BCUT2D eigenvalue weighted by atomic mass is 14.9. The predicted molar refractivity (Wildman–Crippen MR) is 63.5 cm³/mol. The fourth-order valence-electron chi connectivity index (χ4n) is 2.32. The molecule has 0 saturated carbocycles. The lowest BCUT2D eigenvalue weighted by molar-refractivity contribution is 0.528. The van der Waals surface area contributed by atoms with Gasteiger partial charge in [0.05, 0.1) is 0 Å². The van der Waals surface area contributed by atoms with Gasteiger partial charge in [0.1, 0.15) is 0 Å². The molecule has 0 aromatic heterocycles. The Morgan fingerprint density at radius 3 is 2.71 bits per heavy atom. The number of rotatable bonds is 4. The van der Waals surface area contributed by atoms with Crippen molar-refractivity contribution in [3.63, 3.8) is 0 Å². The minimum atomic E-state index is 0.651. The summed E-state index contributed by atoms with van der Waals surface area (Å²) in [6.07, 6.45) is 12.0. The Bertz CT molecular complexity index is 172. The van der Waals surface area contributed by atoms with Crippen LogP contribution in [0.4, 0.5) is 0 Å². The van der Waals surface area contributed by atoms with Gasteiger partial charge >= 0.3 is 0 Å². The molecule has 0 aromatic rings. The first-order chi connectivity index (χ1) is 6.88. The van der Waals surface area contributed by atoms with Crippen molar-refractivity contribution in [3.05, 3.63) is 11.6 Å². The normalized spacial score (nSPS) is 20.9. The smallest absolute Gasteiger partial charge is 0.0276 e. The van der Waals surface area contributed by atoms with E-state index in [9.17, 15) is 0 Å². The minimum Gasteiger partial charge on any atom is -0.311 e. The van der Waals surface area contributed by atoms with Gasteiger partial charge in [0, 0.05) is 6.04 Å². The summed E-state index contributed by atoms with van der Waals surface area (Å²) >= 11 is 0. The van der Waals surface area contributed by atoms with Gasteiger partial charge in [0.2, 0.25) is 0 Å². The standard InChI is InChI=1S/C13H25N/c1-3-13(14-4-2)12-10-8-6-5-7-9-11-12/h10,13-14H,3-9,11H2,1-2H3. The van der Waals surface area contributed by atoms with Crippen molar-refractivity contribution in [1.29, 1.82) is 0 Å². The van der Waals surface area contributed by atoms with Crippen LogP contribution in [-0.2, 0) is 0 Å². The Labute approximate surface area is 89.0 Å². The highest BCUT2D eigenvalue weighted by Gasteiger charge is 2.11. The van der Waals surface area contributed by atoms with E-state index in [4.69, 9.17) is 0 Å². The fourth-order valence-corrected chi connectivity index (χ4v) is 2.32. The number of likely N-dealkylation sites (N-methyl/N-ethyl adjacent to an activating group) is 1. The predicted octanol–water partition coefficient (Wildman–Crippen LogP) is 3.66. The second-order valence-corrected chi connectivity index (χ2v) is 4.25. The third-order valence-electron chi connectivity index (χ3n) is 3.13. The van der Waals surface area contributed by atoms with Gasteiger partial charge in [-0.2, -0.15) is 0 Å². The van der Waals surface area contributed by atoms with Gasteiger partial charge in [-0.1, -0.05) is 38.3 Å². The highest BCUT2D eigenvalue weighted by Crippen LogP contribution is 2.20. The minimum absolute atomic E-state index is 0.651. The first kappa shape index (κ1) is 11.8. The van der Waals surface area contributed by atoms with Crippen LogP contribution < -0.4 is 5.32 Å². The molecule has 0 amide bonds. The molecule has 0 aromatic carbocycles. The summed E-state index contributed by atoms with van der Waals surface area (Å²) in [5, 5.41) is 3.58. The second kappa shape index (κ2) is 7.05. The number of allylic oxidation sites excluding steroid dienone is 1. The second-order valence-electron chi connectivity index (χ2n) is 4.25. The maximum Gasteiger partial charge on any atom is 0.0276 e. The molecule has 1 nitrogen and oxygen atoms in total. The van der Waals surface area contributed by atoms with E-state index in [0.717, 1.165) is 6.54 Å². The zero-order valence-electron chi connectivity index (χ0n) is 9.81. The van der Waals surface area contributed by atoms with Crippen LogP contribution in [0.1, 0.15) is 58.8 Å². The first-order valence-corrected chi connectivity index (χ1v) is 6.30. The molecule has 1 N–H and O–H groups in total.